The number of hydrogen-bond acceptors (Lipinski definition) is 5. The Hall–Kier alpha value is -2.01. The first kappa shape index (κ1) is 14.4. The summed E-state index contributed by atoms with van der Waals surface area (Å²) >= 11 is 0. The van der Waals surface area contributed by atoms with Gasteiger partial charge in [0.1, 0.15) is 28.2 Å². The van der Waals surface area contributed by atoms with Crippen LogP contribution >= 0.6 is 0 Å². The molecule has 2 aromatic rings. The second-order valence-electron chi connectivity index (χ2n) is 4.74. The topological polar surface area (TPSA) is 79.9 Å². The van der Waals surface area contributed by atoms with Gasteiger partial charge in [0, 0.05) is 24.6 Å². The van der Waals surface area contributed by atoms with Crippen LogP contribution in [0.25, 0.3) is 11.0 Å². The normalized spacial score (nSPS) is 12.6. The Morgan fingerprint density at radius 2 is 2.10 bits per heavy atom. The van der Waals surface area contributed by atoms with Crippen molar-refractivity contribution in [1.29, 1.82) is 0 Å². The van der Waals surface area contributed by atoms with E-state index in [0.717, 1.165) is 6.42 Å². The van der Waals surface area contributed by atoms with Gasteiger partial charge >= 0.3 is 0 Å². The van der Waals surface area contributed by atoms with Crippen LogP contribution in [0.1, 0.15) is 25.5 Å². The predicted octanol–water partition coefficient (Wildman–Crippen LogP) is 2.21. The summed E-state index contributed by atoms with van der Waals surface area (Å²) in [6.07, 6.45) is 1.23. The fourth-order valence-electron chi connectivity index (χ4n) is 2.18. The smallest absolute Gasteiger partial charge is 0.196 e. The number of methoxy groups -OCH3 is 1. The zero-order valence-corrected chi connectivity index (χ0v) is 11.5. The number of ether oxygens (including phenoxy) is 1. The number of rotatable bonds is 5. The molecule has 0 aliphatic carbocycles. The molecule has 0 saturated carbocycles. The summed E-state index contributed by atoms with van der Waals surface area (Å²) in [5, 5.41) is 19.7. The lowest BCUT2D eigenvalue weighted by Gasteiger charge is -2.10. The van der Waals surface area contributed by atoms with Crippen molar-refractivity contribution in [3.05, 3.63) is 34.2 Å². The van der Waals surface area contributed by atoms with Crippen molar-refractivity contribution >= 4 is 11.0 Å². The van der Waals surface area contributed by atoms with E-state index in [2.05, 4.69) is 0 Å². The number of aliphatic hydroxyl groups is 1. The van der Waals surface area contributed by atoms with Gasteiger partial charge in [0.05, 0.1) is 13.2 Å². The van der Waals surface area contributed by atoms with Gasteiger partial charge in [-0.15, -0.1) is 0 Å². The number of fused-ring (bicyclic) bond motifs is 1. The van der Waals surface area contributed by atoms with Crippen molar-refractivity contribution < 1.29 is 19.4 Å². The second-order valence-corrected chi connectivity index (χ2v) is 4.74. The highest BCUT2D eigenvalue weighted by molar-refractivity contribution is 5.84. The molecule has 5 heteroatoms. The lowest BCUT2D eigenvalue weighted by atomic mass is 10.1. The summed E-state index contributed by atoms with van der Waals surface area (Å²) < 4.78 is 10.6. The first-order valence-corrected chi connectivity index (χ1v) is 6.57. The van der Waals surface area contributed by atoms with Crippen LogP contribution in [-0.2, 0) is 6.42 Å². The minimum absolute atomic E-state index is 0.125. The number of hydrogen-bond donors (Lipinski definition) is 2. The maximum absolute atomic E-state index is 12.0. The minimum atomic E-state index is -0.542. The van der Waals surface area contributed by atoms with Crippen LogP contribution in [0, 0.1) is 0 Å². The van der Waals surface area contributed by atoms with Gasteiger partial charge in [0.15, 0.2) is 5.43 Å². The van der Waals surface area contributed by atoms with Gasteiger partial charge in [-0.25, -0.2) is 0 Å². The van der Waals surface area contributed by atoms with Gasteiger partial charge in [-0.05, 0) is 6.42 Å². The van der Waals surface area contributed by atoms with E-state index in [1.54, 1.807) is 6.07 Å². The monoisotopic (exact) mass is 278 g/mol. The predicted molar refractivity (Wildman–Crippen MR) is 75.3 cm³/mol. The molecule has 2 N–H and O–H groups in total. The molecular weight excluding hydrogens is 260 g/mol. The summed E-state index contributed by atoms with van der Waals surface area (Å²) in [5.74, 6) is 0.634. The van der Waals surface area contributed by atoms with Gasteiger partial charge in [0.25, 0.3) is 0 Å². The molecule has 2 rings (SSSR count). The Labute approximate surface area is 116 Å². The SMILES string of the molecule is CCCC(O)Cc1cc(=O)c2c(O)cc(OC)cc2o1. The van der Waals surface area contributed by atoms with E-state index in [1.165, 1.54) is 19.2 Å². The molecule has 0 bridgehead atoms. The number of phenols is 1. The van der Waals surface area contributed by atoms with Crippen LogP contribution in [0.15, 0.2) is 27.4 Å². The Morgan fingerprint density at radius 3 is 2.75 bits per heavy atom. The number of aliphatic hydroxyl groups excluding tert-OH is 1. The lowest BCUT2D eigenvalue weighted by Crippen LogP contribution is -2.12. The third kappa shape index (κ3) is 2.93. The molecule has 1 heterocycles. The fourth-order valence-corrected chi connectivity index (χ4v) is 2.18. The summed E-state index contributed by atoms with van der Waals surface area (Å²) in [6, 6.07) is 4.23. The molecule has 1 aromatic carbocycles. The number of aromatic hydroxyl groups is 1. The third-order valence-electron chi connectivity index (χ3n) is 3.13. The molecule has 108 valence electrons. The van der Waals surface area contributed by atoms with Crippen LogP contribution in [0.5, 0.6) is 11.5 Å². The molecule has 0 saturated heterocycles. The van der Waals surface area contributed by atoms with Crippen LogP contribution in [0.2, 0.25) is 0 Å². The summed E-state index contributed by atoms with van der Waals surface area (Å²) in [4.78, 5) is 12.0. The van der Waals surface area contributed by atoms with Gasteiger partial charge in [0.2, 0.25) is 0 Å². The van der Waals surface area contributed by atoms with E-state index in [1.807, 2.05) is 6.92 Å². The first-order valence-electron chi connectivity index (χ1n) is 6.57. The molecule has 5 nitrogen and oxygen atoms in total. The molecule has 20 heavy (non-hydrogen) atoms. The molecule has 0 spiro atoms. The molecule has 0 fully saturated rings. The summed E-state index contributed by atoms with van der Waals surface area (Å²) in [6.45, 7) is 1.97. The lowest BCUT2D eigenvalue weighted by molar-refractivity contribution is 0.157. The Balaban J connectivity index is 2.47. The molecule has 1 aromatic heterocycles. The van der Waals surface area contributed by atoms with E-state index < -0.39 is 6.10 Å². The van der Waals surface area contributed by atoms with Crippen molar-refractivity contribution in [2.75, 3.05) is 7.11 Å². The van der Waals surface area contributed by atoms with E-state index in [9.17, 15) is 15.0 Å². The second kappa shape index (κ2) is 5.96. The molecule has 1 unspecified atom stereocenters. The van der Waals surface area contributed by atoms with Crippen molar-refractivity contribution in [3.8, 4) is 11.5 Å². The fraction of sp³-hybridized carbons (Fsp3) is 0.400. The van der Waals surface area contributed by atoms with Crippen LogP contribution < -0.4 is 10.2 Å². The maximum atomic E-state index is 12.0. The number of phenolic OH excluding ortho intramolecular Hbond substituents is 1. The summed E-state index contributed by atoms with van der Waals surface area (Å²) in [7, 11) is 1.47. The standard InChI is InChI=1S/C15H18O5/c1-3-4-9(16)5-11-7-13(18)15-12(17)6-10(19-2)8-14(15)20-11/h6-9,16-17H,3-5H2,1-2H3. The first-order chi connectivity index (χ1) is 9.55. The highest BCUT2D eigenvalue weighted by Gasteiger charge is 2.13. The largest absolute Gasteiger partial charge is 0.507 e. The quantitative estimate of drug-likeness (QED) is 0.876. The van der Waals surface area contributed by atoms with Crippen LogP contribution in [-0.4, -0.2) is 23.4 Å². The maximum Gasteiger partial charge on any atom is 0.196 e. The Bertz CT molecular complexity index is 659. The van der Waals surface area contributed by atoms with Gasteiger partial charge in [-0.1, -0.05) is 13.3 Å². The van der Waals surface area contributed by atoms with Gasteiger partial charge < -0.3 is 19.4 Å². The molecule has 0 amide bonds. The zero-order chi connectivity index (χ0) is 14.7. The van der Waals surface area contributed by atoms with E-state index in [-0.39, 0.29) is 28.6 Å². The van der Waals surface area contributed by atoms with E-state index in [0.29, 0.717) is 17.9 Å². The Kier molecular flexibility index (Phi) is 4.29. The molecule has 0 radical (unpaired) electrons. The van der Waals surface area contributed by atoms with Gasteiger partial charge in [-0.3, -0.25) is 4.79 Å². The van der Waals surface area contributed by atoms with E-state index in [4.69, 9.17) is 9.15 Å². The average Bonchev–Trinajstić information content (AvgIpc) is 2.37. The van der Waals surface area contributed by atoms with Crippen molar-refractivity contribution in [3.63, 3.8) is 0 Å². The molecule has 0 aliphatic rings. The van der Waals surface area contributed by atoms with Crippen LogP contribution in [0.3, 0.4) is 0 Å². The molecule has 1 atom stereocenters. The minimum Gasteiger partial charge on any atom is -0.507 e. The highest BCUT2D eigenvalue weighted by Crippen LogP contribution is 2.28. The third-order valence-corrected chi connectivity index (χ3v) is 3.13. The van der Waals surface area contributed by atoms with Crippen molar-refractivity contribution in [2.24, 2.45) is 0 Å². The average molecular weight is 278 g/mol. The van der Waals surface area contributed by atoms with Crippen molar-refractivity contribution in [1.82, 2.24) is 0 Å². The van der Waals surface area contributed by atoms with Crippen molar-refractivity contribution in [2.45, 2.75) is 32.3 Å². The molecule has 0 aliphatic heterocycles. The number of benzene rings is 1. The zero-order valence-electron chi connectivity index (χ0n) is 11.5. The highest BCUT2D eigenvalue weighted by atomic mass is 16.5. The van der Waals surface area contributed by atoms with Crippen LogP contribution in [0.4, 0.5) is 0 Å². The summed E-state index contributed by atoms with van der Waals surface area (Å²) in [5.41, 5.74) is -0.0712. The van der Waals surface area contributed by atoms with Gasteiger partial charge in [-0.2, -0.15) is 0 Å². The Morgan fingerprint density at radius 1 is 1.35 bits per heavy atom. The molecular formula is C15H18O5. The van der Waals surface area contributed by atoms with E-state index >= 15 is 0 Å².